The van der Waals surface area contributed by atoms with Crippen molar-refractivity contribution in [2.45, 2.75) is 38.1 Å². The molecule has 1 aromatic carbocycles. The Morgan fingerprint density at radius 2 is 2.11 bits per heavy atom. The van der Waals surface area contributed by atoms with Crippen molar-refractivity contribution in [1.29, 1.82) is 0 Å². The molecule has 1 rings (SSSR count). The molecule has 0 aliphatic heterocycles. The average Bonchev–Trinajstić information content (AvgIpc) is 2.28. The third-order valence-corrected chi connectivity index (χ3v) is 5.08. The number of anilines is 1. The third kappa shape index (κ3) is 3.46. The number of rotatable bonds is 5. The van der Waals surface area contributed by atoms with E-state index in [1.54, 1.807) is 12.1 Å². The third-order valence-electron chi connectivity index (χ3n) is 2.48. The smallest absolute Gasteiger partial charge is 0.139 e. The lowest BCUT2D eigenvalue weighted by Gasteiger charge is -2.22. The quantitative estimate of drug-likeness (QED) is 0.836. The first-order valence-electron chi connectivity index (χ1n) is 6.23. The van der Waals surface area contributed by atoms with Gasteiger partial charge in [0.05, 0.1) is 10.9 Å². The highest BCUT2D eigenvalue weighted by atomic mass is 32.2. The van der Waals surface area contributed by atoms with Crippen LogP contribution in [0.2, 0.25) is 0 Å². The molecule has 1 atom stereocenters. The second kappa shape index (κ2) is 6.20. The topological polar surface area (TPSA) is 58.7 Å². The molecule has 0 spiro atoms. The van der Waals surface area contributed by atoms with Crippen LogP contribution < -0.4 is 5.73 Å². The molecule has 102 valence electrons. The van der Waals surface area contributed by atoms with E-state index in [1.165, 1.54) is 0 Å². The van der Waals surface area contributed by atoms with Crippen molar-refractivity contribution in [3.8, 4) is 0 Å². The number of nitrogens with zero attached hydrogens (tertiary/aromatic N) is 2. The molecular weight excluding hydrogens is 246 g/mol. The van der Waals surface area contributed by atoms with Crippen LogP contribution in [0.4, 0.5) is 5.69 Å². The first kappa shape index (κ1) is 15.0. The minimum absolute atomic E-state index is 0.0123. The maximum atomic E-state index is 13.1. The second-order valence-corrected chi connectivity index (χ2v) is 6.92. The Morgan fingerprint density at radius 1 is 1.44 bits per heavy atom. The van der Waals surface area contributed by atoms with Gasteiger partial charge in [0.1, 0.15) is 9.92 Å². The minimum Gasteiger partial charge on any atom is -0.399 e. The van der Waals surface area contributed by atoms with Crippen molar-refractivity contribution in [2.24, 2.45) is 4.36 Å². The van der Waals surface area contributed by atoms with Crippen molar-refractivity contribution in [2.75, 3.05) is 19.3 Å². The summed E-state index contributed by atoms with van der Waals surface area (Å²) in [7, 11) is -0.704. The maximum Gasteiger partial charge on any atom is 0.139 e. The van der Waals surface area contributed by atoms with Crippen LogP contribution >= 0.6 is 0 Å². The van der Waals surface area contributed by atoms with Crippen LogP contribution in [0.25, 0.3) is 0 Å². The van der Waals surface area contributed by atoms with Gasteiger partial charge in [0.25, 0.3) is 0 Å². The van der Waals surface area contributed by atoms with Gasteiger partial charge >= 0.3 is 0 Å². The summed E-state index contributed by atoms with van der Waals surface area (Å²) in [5.74, 6) is 0. The lowest BCUT2D eigenvalue weighted by molar-refractivity contribution is 0.508. The van der Waals surface area contributed by atoms with E-state index >= 15 is 0 Å². The lowest BCUT2D eigenvalue weighted by atomic mass is 10.3. The van der Waals surface area contributed by atoms with Gasteiger partial charge in [-0.05, 0) is 38.5 Å². The number of nitrogens with two attached hydrogens (primary N) is 1. The van der Waals surface area contributed by atoms with Crippen LogP contribution in [0.3, 0.4) is 0 Å². The average molecular weight is 269 g/mol. The van der Waals surface area contributed by atoms with E-state index in [-0.39, 0.29) is 6.04 Å². The Kier molecular flexibility index (Phi) is 5.16. The SMILES string of the molecule is CCCN(C)S(=O)(=NC(C)C)c1cccc(N)c1. The first-order chi connectivity index (χ1) is 8.40. The fraction of sp³-hybridized carbons (Fsp3) is 0.538. The van der Waals surface area contributed by atoms with Crippen LogP contribution in [-0.2, 0) is 9.92 Å². The summed E-state index contributed by atoms with van der Waals surface area (Å²) < 4.78 is 19.4. The van der Waals surface area contributed by atoms with Gasteiger partial charge < -0.3 is 5.73 Å². The normalized spacial score (nSPS) is 14.8. The summed E-state index contributed by atoms with van der Waals surface area (Å²) in [6.45, 7) is 6.67. The van der Waals surface area contributed by atoms with Crippen molar-refractivity contribution >= 4 is 15.6 Å². The van der Waals surface area contributed by atoms with Gasteiger partial charge in [-0.1, -0.05) is 13.0 Å². The van der Waals surface area contributed by atoms with Crippen molar-refractivity contribution in [1.82, 2.24) is 4.31 Å². The Morgan fingerprint density at radius 3 is 2.61 bits per heavy atom. The van der Waals surface area contributed by atoms with Gasteiger partial charge in [0.2, 0.25) is 0 Å². The molecule has 18 heavy (non-hydrogen) atoms. The summed E-state index contributed by atoms with van der Waals surface area (Å²) in [5, 5.41) is 0. The van der Waals surface area contributed by atoms with E-state index in [9.17, 15) is 4.21 Å². The van der Waals surface area contributed by atoms with Crippen LogP contribution in [-0.4, -0.2) is 28.1 Å². The number of benzene rings is 1. The summed E-state index contributed by atoms with van der Waals surface area (Å²) >= 11 is 0. The van der Waals surface area contributed by atoms with Crippen LogP contribution in [0.5, 0.6) is 0 Å². The van der Waals surface area contributed by atoms with Gasteiger partial charge in [-0.2, -0.15) is 0 Å². The zero-order chi connectivity index (χ0) is 13.8. The fourth-order valence-electron chi connectivity index (χ4n) is 1.73. The molecule has 0 heterocycles. The molecule has 0 saturated heterocycles. The fourth-order valence-corrected chi connectivity index (χ4v) is 3.92. The molecule has 1 unspecified atom stereocenters. The van der Waals surface area contributed by atoms with Crippen LogP contribution in [0, 0.1) is 0 Å². The molecule has 0 saturated carbocycles. The molecule has 2 N–H and O–H groups in total. The van der Waals surface area contributed by atoms with Gasteiger partial charge in [-0.3, -0.25) is 0 Å². The van der Waals surface area contributed by atoms with Gasteiger partial charge in [-0.25, -0.2) is 12.9 Å². The largest absolute Gasteiger partial charge is 0.399 e. The van der Waals surface area contributed by atoms with Crippen molar-refractivity contribution < 1.29 is 4.21 Å². The van der Waals surface area contributed by atoms with Crippen LogP contribution in [0.1, 0.15) is 27.2 Å². The molecule has 0 aliphatic carbocycles. The first-order valence-corrected chi connectivity index (χ1v) is 7.70. The predicted octanol–water partition coefficient (Wildman–Crippen LogP) is 2.76. The summed E-state index contributed by atoms with van der Waals surface area (Å²) in [4.78, 5) is 0.687. The molecular formula is C13H23N3OS. The van der Waals surface area contributed by atoms with E-state index in [2.05, 4.69) is 11.3 Å². The van der Waals surface area contributed by atoms with Crippen molar-refractivity contribution in [3.63, 3.8) is 0 Å². The standard InChI is InChI=1S/C13H23N3OS/c1-5-9-16(4)18(17,15-11(2)3)13-8-6-7-12(14)10-13/h6-8,10-11H,5,9,14H2,1-4H3. The second-order valence-electron chi connectivity index (χ2n) is 4.62. The molecule has 0 fully saturated rings. The van der Waals surface area contributed by atoms with E-state index < -0.39 is 9.92 Å². The Labute approximate surface area is 110 Å². The number of nitrogen functional groups attached to an aromatic ring is 1. The molecule has 0 bridgehead atoms. The number of hydrogen-bond donors (Lipinski definition) is 1. The summed E-state index contributed by atoms with van der Waals surface area (Å²) in [5.41, 5.74) is 6.39. The van der Waals surface area contributed by atoms with Crippen LogP contribution in [0.15, 0.2) is 33.5 Å². The zero-order valence-electron chi connectivity index (χ0n) is 11.6. The summed E-state index contributed by atoms with van der Waals surface area (Å²) in [6, 6.07) is 7.20. The van der Waals surface area contributed by atoms with E-state index in [4.69, 9.17) is 5.73 Å². The zero-order valence-corrected chi connectivity index (χ0v) is 12.4. The van der Waals surface area contributed by atoms with Crippen molar-refractivity contribution in [3.05, 3.63) is 24.3 Å². The maximum absolute atomic E-state index is 13.1. The molecule has 4 nitrogen and oxygen atoms in total. The molecule has 5 heteroatoms. The summed E-state index contributed by atoms with van der Waals surface area (Å²) in [6.07, 6.45) is 0.934. The Bertz CT molecular complexity index is 505. The molecule has 0 aromatic heterocycles. The highest BCUT2D eigenvalue weighted by molar-refractivity contribution is 7.91. The van der Waals surface area contributed by atoms with E-state index in [1.807, 2.05) is 37.3 Å². The highest BCUT2D eigenvalue weighted by Crippen LogP contribution is 2.21. The molecule has 0 aliphatic rings. The highest BCUT2D eigenvalue weighted by Gasteiger charge is 2.19. The van der Waals surface area contributed by atoms with Gasteiger partial charge in [-0.15, -0.1) is 0 Å². The monoisotopic (exact) mass is 269 g/mol. The van der Waals surface area contributed by atoms with Gasteiger partial charge in [0, 0.05) is 19.3 Å². The molecule has 0 amide bonds. The lowest BCUT2D eigenvalue weighted by Crippen LogP contribution is -2.28. The van der Waals surface area contributed by atoms with E-state index in [0.717, 1.165) is 13.0 Å². The minimum atomic E-state index is -2.55. The van der Waals surface area contributed by atoms with E-state index in [0.29, 0.717) is 10.6 Å². The molecule has 1 aromatic rings. The Balaban J connectivity index is 3.34. The van der Waals surface area contributed by atoms with Gasteiger partial charge in [0.15, 0.2) is 0 Å². The molecule has 0 radical (unpaired) electrons. The predicted molar refractivity (Wildman–Crippen MR) is 77.7 cm³/mol. The Hall–Kier alpha value is -1.07. The number of hydrogen-bond acceptors (Lipinski definition) is 3.